The van der Waals surface area contributed by atoms with E-state index in [1.54, 1.807) is 4.90 Å². The van der Waals surface area contributed by atoms with Crippen molar-refractivity contribution < 1.29 is 14.3 Å². The number of benzene rings is 2. The minimum absolute atomic E-state index is 0.0635. The van der Waals surface area contributed by atoms with Crippen LogP contribution in [0.25, 0.3) is 0 Å². The maximum atomic E-state index is 13.1. The van der Waals surface area contributed by atoms with Crippen LogP contribution in [-0.2, 0) is 22.6 Å². The summed E-state index contributed by atoms with van der Waals surface area (Å²) in [4.78, 5) is 27.6. The predicted octanol–water partition coefficient (Wildman–Crippen LogP) is 4.35. The lowest BCUT2D eigenvalue weighted by molar-refractivity contribution is -0.143. The Labute approximate surface area is 180 Å². The highest BCUT2D eigenvalue weighted by Crippen LogP contribution is 2.16. The largest absolute Gasteiger partial charge is 0.484 e. The molecule has 2 aromatic rings. The predicted molar refractivity (Wildman–Crippen MR) is 120 cm³/mol. The molecule has 0 aliphatic heterocycles. The number of hydrogen-bond acceptors (Lipinski definition) is 3. The van der Waals surface area contributed by atoms with Crippen LogP contribution in [0.15, 0.2) is 54.6 Å². The third-order valence-electron chi connectivity index (χ3n) is 5.28. The summed E-state index contributed by atoms with van der Waals surface area (Å²) in [5.41, 5.74) is 2.19. The van der Waals surface area contributed by atoms with Crippen LogP contribution in [0.5, 0.6) is 5.75 Å². The van der Waals surface area contributed by atoms with Gasteiger partial charge in [0.1, 0.15) is 11.8 Å². The Morgan fingerprint density at radius 3 is 2.17 bits per heavy atom. The first-order chi connectivity index (χ1) is 14.5. The van der Waals surface area contributed by atoms with Crippen molar-refractivity contribution in [3.63, 3.8) is 0 Å². The average Bonchev–Trinajstić information content (AvgIpc) is 2.78. The maximum absolute atomic E-state index is 13.1. The van der Waals surface area contributed by atoms with Crippen LogP contribution in [0, 0.1) is 0 Å². The van der Waals surface area contributed by atoms with Crippen LogP contribution >= 0.6 is 0 Å². The molecule has 2 aromatic carbocycles. The quantitative estimate of drug-likeness (QED) is 0.599. The van der Waals surface area contributed by atoms with Gasteiger partial charge in [-0.25, -0.2) is 0 Å². The van der Waals surface area contributed by atoms with E-state index in [0.717, 1.165) is 18.4 Å². The molecule has 5 heteroatoms. The maximum Gasteiger partial charge on any atom is 0.261 e. The van der Waals surface area contributed by atoms with E-state index in [2.05, 4.69) is 12.2 Å². The van der Waals surface area contributed by atoms with E-state index in [9.17, 15) is 9.59 Å². The molecule has 0 fully saturated rings. The standard InChI is InChI=1S/C25H34N2O3/c1-5-19(4)26-25(29)23(7-3)27(17-21-11-9-8-10-12-21)24(28)18-30-22-15-13-20(6-2)14-16-22/h8-16,19,23H,5-7,17-18H2,1-4H3,(H,26,29). The third kappa shape index (κ3) is 6.90. The Kier molecular flexibility index (Phi) is 9.39. The summed E-state index contributed by atoms with van der Waals surface area (Å²) in [6, 6.07) is 17.0. The van der Waals surface area contributed by atoms with Crippen molar-refractivity contribution in [3.8, 4) is 5.75 Å². The Morgan fingerprint density at radius 2 is 1.60 bits per heavy atom. The van der Waals surface area contributed by atoms with Gasteiger partial charge in [0.05, 0.1) is 0 Å². The molecule has 2 rings (SSSR count). The molecule has 0 bridgehead atoms. The van der Waals surface area contributed by atoms with E-state index in [1.807, 2.05) is 75.4 Å². The highest BCUT2D eigenvalue weighted by Gasteiger charge is 2.29. The second kappa shape index (κ2) is 12.0. The molecule has 162 valence electrons. The molecular weight excluding hydrogens is 376 g/mol. The number of carbonyl (C=O) groups is 2. The third-order valence-corrected chi connectivity index (χ3v) is 5.28. The van der Waals surface area contributed by atoms with Gasteiger partial charge < -0.3 is 15.0 Å². The average molecular weight is 411 g/mol. The van der Waals surface area contributed by atoms with Crippen LogP contribution in [0.1, 0.15) is 51.7 Å². The van der Waals surface area contributed by atoms with Crippen molar-refractivity contribution in [1.82, 2.24) is 10.2 Å². The van der Waals surface area contributed by atoms with Gasteiger partial charge in [-0.1, -0.05) is 63.2 Å². The second-order valence-corrected chi connectivity index (χ2v) is 7.54. The summed E-state index contributed by atoms with van der Waals surface area (Å²) in [6.07, 6.45) is 2.32. The van der Waals surface area contributed by atoms with Gasteiger partial charge in [0.15, 0.2) is 6.61 Å². The van der Waals surface area contributed by atoms with Gasteiger partial charge in [0.2, 0.25) is 5.91 Å². The van der Waals surface area contributed by atoms with E-state index < -0.39 is 6.04 Å². The van der Waals surface area contributed by atoms with Crippen molar-refractivity contribution in [2.24, 2.45) is 0 Å². The summed E-state index contributed by atoms with van der Waals surface area (Å²) in [7, 11) is 0. The summed E-state index contributed by atoms with van der Waals surface area (Å²) in [6.45, 7) is 8.27. The second-order valence-electron chi connectivity index (χ2n) is 7.54. The molecule has 5 nitrogen and oxygen atoms in total. The van der Waals surface area contributed by atoms with Crippen molar-refractivity contribution >= 4 is 11.8 Å². The first kappa shape index (κ1) is 23.5. The number of rotatable bonds is 11. The van der Waals surface area contributed by atoms with Crippen LogP contribution in [0.2, 0.25) is 0 Å². The van der Waals surface area contributed by atoms with Crippen molar-refractivity contribution in [2.75, 3.05) is 6.61 Å². The number of ether oxygens (including phenoxy) is 1. The fraction of sp³-hybridized carbons (Fsp3) is 0.440. The molecule has 0 heterocycles. The van der Waals surface area contributed by atoms with Crippen LogP contribution < -0.4 is 10.1 Å². The van der Waals surface area contributed by atoms with Crippen molar-refractivity contribution in [1.29, 1.82) is 0 Å². The number of hydrogen-bond donors (Lipinski definition) is 1. The van der Waals surface area contributed by atoms with Gasteiger partial charge in [-0.3, -0.25) is 9.59 Å². The number of carbonyl (C=O) groups excluding carboxylic acids is 2. The van der Waals surface area contributed by atoms with Crippen molar-refractivity contribution in [2.45, 2.75) is 65.6 Å². The van der Waals surface area contributed by atoms with Gasteiger partial charge in [-0.2, -0.15) is 0 Å². The van der Waals surface area contributed by atoms with Crippen LogP contribution in [-0.4, -0.2) is 35.4 Å². The lowest BCUT2D eigenvalue weighted by Gasteiger charge is -2.31. The van der Waals surface area contributed by atoms with E-state index in [4.69, 9.17) is 4.74 Å². The summed E-state index contributed by atoms with van der Waals surface area (Å²) in [5, 5.41) is 3.01. The van der Waals surface area contributed by atoms with E-state index in [-0.39, 0.29) is 24.5 Å². The minimum atomic E-state index is -0.544. The first-order valence-electron chi connectivity index (χ1n) is 10.8. The smallest absolute Gasteiger partial charge is 0.261 e. The van der Waals surface area contributed by atoms with Gasteiger partial charge in [-0.05, 0) is 49.4 Å². The molecule has 1 N–H and O–H groups in total. The van der Waals surface area contributed by atoms with E-state index in [0.29, 0.717) is 18.7 Å². The van der Waals surface area contributed by atoms with Gasteiger partial charge in [-0.15, -0.1) is 0 Å². The molecule has 30 heavy (non-hydrogen) atoms. The summed E-state index contributed by atoms with van der Waals surface area (Å²) >= 11 is 0. The normalized spacial score (nSPS) is 12.7. The van der Waals surface area contributed by atoms with E-state index >= 15 is 0 Å². The lowest BCUT2D eigenvalue weighted by atomic mass is 10.1. The number of amides is 2. The molecule has 0 spiro atoms. The molecule has 0 saturated carbocycles. The SMILES string of the molecule is CCc1ccc(OCC(=O)N(Cc2ccccc2)C(CC)C(=O)NC(C)CC)cc1. The molecule has 2 amide bonds. The highest BCUT2D eigenvalue weighted by molar-refractivity contribution is 5.88. The molecule has 0 aliphatic rings. The highest BCUT2D eigenvalue weighted by atomic mass is 16.5. The number of aryl methyl sites for hydroxylation is 1. The van der Waals surface area contributed by atoms with Crippen LogP contribution in [0.4, 0.5) is 0 Å². The Morgan fingerprint density at radius 1 is 0.933 bits per heavy atom. The van der Waals surface area contributed by atoms with Gasteiger partial charge >= 0.3 is 0 Å². The molecule has 0 saturated heterocycles. The number of nitrogens with one attached hydrogen (secondary N) is 1. The Bertz CT molecular complexity index is 790. The van der Waals surface area contributed by atoms with Gasteiger partial charge in [0.25, 0.3) is 5.91 Å². The molecule has 0 aliphatic carbocycles. The molecule has 0 radical (unpaired) electrons. The molecule has 2 atom stereocenters. The van der Waals surface area contributed by atoms with Crippen LogP contribution in [0.3, 0.4) is 0 Å². The molecule has 2 unspecified atom stereocenters. The Hall–Kier alpha value is -2.82. The summed E-state index contributed by atoms with van der Waals surface area (Å²) in [5.74, 6) is 0.324. The fourth-order valence-corrected chi connectivity index (χ4v) is 3.19. The zero-order chi connectivity index (χ0) is 21.9. The van der Waals surface area contributed by atoms with Gasteiger partial charge in [0, 0.05) is 12.6 Å². The zero-order valence-electron chi connectivity index (χ0n) is 18.6. The fourth-order valence-electron chi connectivity index (χ4n) is 3.19. The first-order valence-corrected chi connectivity index (χ1v) is 10.8. The van der Waals surface area contributed by atoms with Crippen molar-refractivity contribution in [3.05, 3.63) is 65.7 Å². The summed E-state index contributed by atoms with van der Waals surface area (Å²) < 4.78 is 5.74. The molecular formula is C25H34N2O3. The topological polar surface area (TPSA) is 58.6 Å². The Balaban J connectivity index is 2.15. The zero-order valence-corrected chi connectivity index (χ0v) is 18.6. The lowest BCUT2D eigenvalue weighted by Crippen LogP contribution is -2.51. The number of nitrogens with zero attached hydrogens (tertiary/aromatic N) is 1. The van der Waals surface area contributed by atoms with E-state index in [1.165, 1.54) is 5.56 Å². The minimum Gasteiger partial charge on any atom is -0.484 e. The monoisotopic (exact) mass is 410 g/mol. The molecule has 0 aromatic heterocycles.